The van der Waals surface area contributed by atoms with Gasteiger partial charge in [-0.15, -0.1) is 24.8 Å². The lowest BCUT2D eigenvalue weighted by Crippen LogP contribution is -2.35. The molecule has 0 saturated carbocycles. The Morgan fingerprint density at radius 2 is 2.23 bits per heavy atom. The molecule has 0 fully saturated rings. The summed E-state index contributed by atoms with van der Waals surface area (Å²) in [7, 11) is 1.46. The van der Waals surface area contributed by atoms with Crippen molar-refractivity contribution in [2.75, 3.05) is 19.0 Å². The molecular weight excluding hydrogens is 329 g/mol. The lowest BCUT2D eigenvalue weighted by molar-refractivity contribution is -0.125. The van der Waals surface area contributed by atoms with Gasteiger partial charge in [0.2, 0.25) is 0 Å². The van der Waals surface area contributed by atoms with E-state index >= 15 is 0 Å². The first-order valence-electron chi connectivity index (χ1n) is 6.18. The van der Waals surface area contributed by atoms with Crippen LogP contribution in [0.1, 0.15) is 5.56 Å². The summed E-state index contributed by atoms with van der Waals surface area (Å²) in [5.41, 5.74) is 7.16. The maximum absolute atomic E-state index is 11.9. The van der Waals surface area contributed by atoms with Crippen molar-refractivity contribution in [1.82, 2.24) is 14.8 Å². The number of hydrogen-bond acceptors (Lipinski definition) is 5. The Morgan fingerprint density at radius 3 is 2.82 bits per heavy atom. The zero-order valence-electron chi connectivity index (χ0n) is 12.0. The summed E-state index contributed by atoms with van der Waals surface area (Å²) in [4.78, 5) is 15.7. The molecule has 1 amide bonds. The Labute approximate surface area is 141 Å². The molecule has 22 heavy (non-hydrogen) atoms. The van der Waals surface area contributed by atoms with Gasteiger partial charge in [0.25, 0.3) is 5.91 Å². The number of carbonyl (C=O) groups excluding carboxylic acids is 1. The van der Waals surface area contributed by atoms with Gasteiger partial charge in [-0.2, -0.15) is 5.10 Å². The zero-order valence-corrected chi connectivity index (χ0v) is 13.6. The second-order valence-corrected chi connectivity index (χ2v) is 4.24. The van der Waals surface area contributed by atoms with Gasteiger partial charge in [0.15, 0.2) is 0 Å². The Kier molecular flexibility index (Phi) is 9.35. The van der Waals surface area contributed by atoms with Gasteiger partial charge in [-0.25, -0.2) is 9.67 Å². The highest BCUT2D eigenvalue weighted by Crippen LogP contribution is 2.12. The topological polar surface area (TPSA) is 95.1 Å². The molecule has 0 bridgehead atoms. The van der Waals surface area contributed by atoms with Crippen molar-refractivity contribution in [1.29, 1.82) is 0 Å². The number of rotatable bonds is 6. The molecule has 0 spiro atoms. The summed E-state index contributed by atoms with van der Waals surface area (Å²) in [5, 5.41) is 6.81. The summed E-state index contributed by atoms with van der Waals surface area (Å²) in [6, 6.07) is 7.51. The standard InChI is InChI=1S/C13H17N5O2.2ClH/c1-20-12(6-14)13(19)17-11-4-2-3-10(5-11)7-18-9-15-8-16-18;;/h2-5,8-9,12H,6-7,14H2,1H3,(H,17,19);2*1H. The molecule has 0 radical (unpaired) electrons. The average molecular weight is 348 g/mol. The van der Waals surface area contributed by atoms with Crippen LogP contribution in [0.5, 0.6) is 0 Å². The zero-order chi connectivity index (χ0) is 14.4. The van der Waals surface area contributed by atoms with E-state index in [9.17, 15) is 4.79 Å². The minimum absolute atomic E-state index is 0. The molecule has 1 aromatic carbocycles. The van der Waals surface area contributed by atoms with Gasteiger partial charge >= 0.3 is 0 Å². The van der Waals surface area contributed by atoms with Crippen LogP contribution in [-0.4, -0.2) is 40.4 Å². The highest BCUT2D eigenvalue weighted by atomic mass is 35.5. The van der Waals surface area contributed by atoms with Crippen LogP contribution in [0.2, 0.25) is 0 Å². The van der Waals surface area contributed by atoms with E-state index in [1.165, 1.54) is 13.4 Å². The van der Waals surface area contributed by atoms with Gasteiger partial charge in [0, 0.05) is 19.3 Å². The monoisotopic (exact) mass is 347 g/mol. The minimum atomic E-state index is -0.644. The molecule has 3 N–H and O–H groups in total. The van der Waals surface area contributed by atoms with Crippen molar-refractivity contribution in [2.45, 2.75) is 12.6 Å². The summed E-state index contributed by atoms with van der Waals surface area (Å²) in [6.07, 6.45) is 2.48. The maximum Gasteiger partial charge on any atom is 0.254 e. The second kappa shape index (κ2) is 10.1. The van der Waals surface area contributed by atoms with Crippen LogP contribution in [0.25, 0.3) is 0 Å². The number of methoxy groups -OCH3 is 1. The van der Waals surface area contributed by atoms with Crippen molar-refractivity contribution < 1.29 is 9.53 Å². The molecular formula is C13H19Cl2N5O2. The van der Waals surface area contributed by atoms with Crippen molar-refractivity contribution in [3.63, 3.8) is 0 Å². The van der Waals surface area contributed by atoms with Crippen LogP contribution >= 0.6 is 24.8 Å². The molecule has 0 aliphatic carbocycles. The average Bonchev–Trinajstić information content (AvgIpc) is 2.93. The molecule has 1 heterocycles. The highest BCUT2D eigenvalue weighted by Gasteiger charge is 2.15. The van der Waals surface area contributed by atoms with E-state index in [1.807, 2.05) is 24.3 Å². The number of anilines is 1. The van der Waals surface area contributed by atoms with Gasteiger partial charge in [0.05, 0.1) is 6.54 Å². The van der Waals surface area contributed by atoms with Gasteiger partial charge in [-0.05, 0) is 17.7 Å². The first kappa shape index (κ1) is 20.3. The van der Waals surface area contributed by atoms with Crippen LogP contribution in [0.15, 0.2) is 36.9 Å². The molecule has 0 saturated heterocycles. The van der Waals surface area contributed by atoms with Crippen LogP contribution < -0.4 is 11.1 Å². The SMILES string of the molecule is COC(CN)C(=O)Nc1cccc(Cn2cncn2)c1.Cl.Cl. The Morgan fingerprint density at radius 1 is 1.45 bits per heavy atom. The van der Waals surface area contributed by atoms with Gasteiger partial charge in [0.1, 0.15) is 18.8 Å². The third kappa shape index (κ3) is 5.61. The molecule has 0 aliphatic rings. The van der Waals surface area contributed by atoms with E-state index < -0.39 is 6.10 Å². The van der Waals surface area contributed by atoms with Gasteiger partial charge in [-0.1, -0.05) is 12.1 Å². The molecule has 9 heteroatoms. The first-order chi connectivity index (χ1) is 9.72. The van der Waals surface area contributed by atoms with Crippen LogP contribution in [0, 0.1) is 0 Å². The first-order valence-corrected chi connectivity index (χ1v) is 6.18. The van der Waals surface area contributed by atoms with Crippen LogP contribution in [-0.2, 0) is 16.1 Å². The summed E-state index contributed by atoms with van der Waals surface area (Å²) >= 11 is 0. The fourth-order valence-corrected chi connectivity index (χ4v) is 1.78. The Balaban J connectivity index is 0.00000220. The highest BCUT2D eigenvalue weighted by molar-refractivity contribution is 5.94. The second-order valence-electron chi connectivity index (χ2n) is 4.24. The summed E-state index contributed by atoms with van der Waals surface area (Å²) < 4.78 is 6.70. The lowest BCUT2D eigenvalue weighted by Gasteiger charge is -2.13. The molecule has 1 aromatic heterocycles. The number of nitrogens with zero attached hydrogens (tertiary/aromatic N) is 3. The Bertz CT molecular complexity index is 561. The molecule has 2 rings (SSSR count). The van der Waals surface area contributed by atoms with E-state index in [-0.39, 0.29) is 37.3 Å². The van der Waals surface area contributed by atoms with Crippen molar-refractivity contribution in [2.24, 2.45) is 5.73 Å². The molecule has 0 aliphatic heterocycles. The van der Waals surface area contributed by atoms with E-state index in [0.29, 0.717) is 12.2 Å². The molecule has 2 aromatic rings. The fraction of sp³-hybridized carbons (Fsp3) is 0.308. The normalized spacial score (nSPS) is 11.0. The number of nitrogens with one attached hydrogen (secondary N) is 1. The molecule has 1 atom stereocenters. The number of halogens is 2. The van der Waals surface area contributed by atoms with Crippen molar-refractivity contribution in [3.05, 3.63) is 42.5 Å². The van der Waals surface area contributed by atoms with Crippen molar-refractivity contribution in [3.8, 4) is 0 Å². The van der Waals surface area contributed by atoms with Crippen LogP contribution in [0.4, 0.5) is 5.69 Å². The molecule has 7 nitrogen and oxygen atoms in total. The maximum atomic E-state index is 11.9. The van der Waals surface area contributed by atoms with E-state index in [1.54, 1.807) is 11.0 Å². The predicted molar refractivity (Wildman–Crippen MR) is 88.5 cm³/mol. The third-order valence-corrected chi connectivity index (χ3v) is 2.80. The smallest absolute Gasteiger partial charge is 0.254 e. The quantitative estimate of drug-likeness (QED) is 0.815. The minimum Gasteiger partial charge on any atom is -0.370 e. The van der Waals surface area contributed by atoms with E-state index in [0.717, 1.165) is 5.56 Å². The van der Waals surface area contributed by atoms with Gasteiger partial charge < -0.3 is 15.8 Å². The number of aromatic nitrogens is 3. The van der Waals surface area contributed by atoms with Crippen molar-refractivity contribution >= 4 is 36.4 Å². The Hall–Kier alpha value is -1.67. The fourth-order valence-electron chi connectivity index (χ4n) is 1.78. The number of hydrogen-bond donors (Lipinski definition) is 2. The number of nitrogens with two attached hydrogens (primary N) is 1. The summed E-state index contributed by atoms with van der Waals surface area (Å²) in [5.74, 6) is -0.257. The van der Waals surface area contributed by atoms with Gasteiger partial charge in [-0.3, -0.25) is 4.79 Å². The predicted octanol–water partition coefficient (Wildman–Crippen LogP) is 1.08. The van der Waals surface area contributed by atoms with E-state index in [2.05, 4.69) is 15.4 Å². The number of benzene rings is 1. The number of carbonyl (C=O) groups is 1. The number of amides is 1. The molecule has 122 valence electrons. The molecule has 1 unspecified atom stereocenters. The largest absolute Gasteiger partial charge is 0.370 e. The summed E-state index contributed by atoms with van der Waals surface area (Å²) in [6.45, 7) is 0.731. The lowest BCUT2D eigenvalue weighted by atomic mass is 10.2. The third-order valence-electron chi connectivity index (χ3n) is 2.80. The van der Waals surface area contributed by atoms with E-state index in [4.69, 9.17) is 10.5 Å². The number of ether oxygens (including phenoxy) is 1. The van der Waals surface area contributed by atoms with Crippen LogP contribution in [0.3, 0.4) is 0 Å².